The molecule has 0 aliphatic heterocycles. The molecular weight excluding hydrogens is 126 g/mol. The molecule has 0 spiro atoms. The van der Waals surface area contributed by atoms with Gasteiger partial charge in [-0.1, -0.05) is 20.8 Å². The van der Waals surface area contributed by atoms with Gasteiger partial charge in [0.15, 0.2) is 0 Å². The average molecular weight is 141 g/mol. The van der Waals surface area contributed by atoms with Gasteiger partial charge in [-0.15, -0.1) is 0 Å². The van der Waals surface area contributed by atoms with Gasteiger partial charge in [-0.05, 0) is 6.42 Å². The predicted molar refractivity (Wildman–Crippen MR) is 41.7 cm³/mol. The third-order valence-corrected chi connectivity index (χ3v) is 1.01. The number of hydrogen-bond donors (Lipinski definition) is 0. The lowest BCUT2D eigenvalue weighted by atomic mass is 10.4. The Morgan fingerprint density at radius 3 is 2.30 bits per heavy atom. The number of hydrogen-bond acceptors (Lipinski definition) is 2. The molecule has 3 nitrogen and oxygen atoms in total. The second-order valence-electron chi connectivity index (χ2n) is 1.68. The smallest absolute Gasteiger partial charge is 0.0824 e. The van der Waals surface area contributed by atoms with Crippen molar-refractivity contribution in [2.24, 2.45) is 7.05 Å². The zero-order valence-corrected chi connectivity index (χ0v) is 7.13. The quantitative estimate of drug-likeness (QED) is 0.592. The molecule has 3 heteroatoms. The van der Waals surface area contributed by atoms with E-state index in [-0.39, 0.29) is 0 Å². The van der Waals surface area contributed by atoms with Crippen LogP contribution < -0.4 is 0 Å². The first kappa shape index (κ1) is 9.14. The third-order valence-electron chi connectivity index (χ3n) is 1.01. The number of aromatic nitrogens is 3. The maximum Gasteiger partial charge on any atom is 0.0824 e. The Balaban J connectivity index is 0.000000371. The van der Waals surface area contributed by atoms with E-state index < -0.39 is 0 Å². The van der Waals surface area contributed by atoms with Crippen LogP contribution in [-0.2, 0) is 13.5 Å². The lowest BCUT2D eigenvalue weighted by molar-refractivity contribution is 0.646. The molecule has 0 atom stereocenters. The van der Waals surface area contributed by atoms with E-state index in [2.05, 4.69) is 17.1 Å². The van der Waals surface area contributed by atoms with Gasteiger partial charge in [-0.3, -0.25) is 0 Å². The minimum Gasteiger partial charge on any atom is -0.188 e. The molecular formula is C7H15N3. The molecule has 1 rings (SSSR count). The van der Waals surface area contributed by atoms with E-state index in [0.717, 1.165) is 12.1 Å². The minimum absolute atomic E-state index is 0.966. The van der Waals surface area contributed by atoms with Crippen LogP contribution in [0, 0.1) is 0 Å². The van der Waals surface area contributed by atoms with Gasteiger partial charge in [0.25, 0.3) is 0 Å². The first-order valence-corrected chi connectivity index (χ1v) is 3.68. The summed E-state index contributed by atoms with van der Waals surface area (Å²) in [4.78, 5) is 1.57. The third kappa shape index (κ3) is 2.62. The van der Waals surface area contributed by atoms with E-state index in [1.807, 2.05) is 20.9 Å². The van der Waals surface area contributed by atoms with Crippen molar-refractivity contribution in [3.05, 3.63) is 11.9 Å². The average Bonchev–Trinajstić information content (AvgIpc) is 2.40. The summed E-state index contributed by atoms with van der Waals surface area (Å²) in [5.74, 6) is 0. The van der Waals surface area contributed by atoms with Crippen LogP contribution >= 0.6 is 0 Å². The molecule has 0 aliphatic carbocycles. The van der Waals surface area contributed by atoms with Crippen LogP contribution in [0.5, 0.6) is 0 Å². The Morgan fingerprint density at radius 2 is 2.10 bits per heavy atom. The number of nitrogens with zero attached hydrogens (tertiary/aromatic N) is 3. The van der Waals surface area contributed by atoms with Crippen molar-refractivity contribution >= 4 is 0 Å². The molecule has 0 unspecified atom stereocenters. The second kappa shape index (κ2) is 4.97. The van der Waals surface area contributed by atoms with Gasteiger partial charge >= 0.3 is 0 Å². The summed E-state index contributed by atoms with van der Waals surface area (Å²) in [5, 5.41) is 7.93. The van der Waals surface area contributed by atoms with Gasteiger partial charge in [0.1, 0.15) is 0 Å². The first-order valence-electron chi connectivity index (χ1n) is 3.68. The largest absolute Gasteiger partial charge is 0.188 e. The highest BCUT2D eigenvalue weighted by Crippen LogP contribution is 1.88. The Kier molecular flexibility index (Phi) is 4.54. The molecule has 1 aromatic heterocycles. The Labute approximate surface area is 62.1 Å². The summed E-state index contributed by atoms with van der Waals surface area (Å²) in [7, 11) is 1.82. The molecule has 0 N–H and O–H groups in total. The fraction of sp³-hybridized carbons (Fsp3) is 0.714. The van der Waals surface area contributed by atoms with Crippen molar-refractivity contribution < 1.29 is 0 Å². The van der Waals surface area contributed by atoms with Gasteiger partial charge in [0.05, 0.1) is 11.9 Å². The first-order chi connectivity index (χ1) is 4.83. The summed E-state index contributed by atoms with van der Waals surface area (Å²) in [6.07, 6.45) is 2.74. The summed E-state index contributed by atoms with van der Waals surface area (Å²) in [6, 6.07) is 0. The molecule has 0 saturated carbocycles. The topological polar surface area (TPSA) is 30.7 Å². The zero-order chi connectivity index (χ0) is 7.98. The summed E-state index contributed by atoms with van der Waals surface area (Å²) in [5.41, 5.74) is 1.05. The molecule has 0 fully saturated rings. The highest BCUT2D eigenvalue weighted by atomic mass is 15.4. The molecule has 58 valence electrons. The van der Waals surface area contributed by atoms with Crippen LogP contribution in [0.3, 0.4) is 0 Å². The summed E-state index contributed by atoms with van der Waals surface area (Å²) in [6.45, 7) is 6.06. The van der Waals surface area contributed by atoms with E-state index in [4.69, 9.17) is 0 Å². The molecule has 0 amide bonds. The normalized spacial score (nSPS) is 8.40. The van der Waals surface area contributed by atoms with Gasteiger partial charge in [0.2, 0.25) is 0 Å². The van der Waals surface area contributed by atoms with Crippen LogP contribution in [0.4, 0.5) is 0 Å². The van der Waals surface area contributed by atoms with Crippen molar-refractivity contribution in [2.45, 2.75) is 27.2 Å². The molecule has 1 heterocycles. The Hall–Kier alpha value is -0.860. The van der Waals surface area contributed by atoms with Crippen LogP contribution in [0.1, 0.15) is 26.5 Å². The maximum atomic E-state index is 4.03. The zero-order valence-electron chi connectivity index (χ0n) is 7.13. The van der Waals surface area contributed by atoms with Crippen LogP contribution in [0.25, 0.3) is 0 Å². The van der Waals surface area contributed by atoms with Crippen LogP contribution in [0.15, 0.2) is 6.20 Å². The standard InChI is InChI=1S/C5H9N3.C2H6/c1-3-5-4-6-8(2)7-5;1-2/h4H,3H2,1-2H3;1-2H3. The highest BCUT2D eigenvalue weighted by Gasteiger charge is 1.89. The van der Waals surface area contributed by atoms with Crippen molar-refractivity contribution in [1.29, 1.82) is 0 Å². The van der Waals surface area contributed by atoms with Crippen LogP contribution in [-0.4, -0.2) is 15.0 Å². The fourth-order valence-electron chi connectivity index (χ4n) is 0.550. The lowest BCUT2D eigenvalue weighted by Crippen LogP contribution is -1.92. The Morgan fingerprint density at radius 1 is 1.50 bits per heavy atom. The lowest BCUT2D eigenvalue weighted by Gasteiger charge is -1.80. The molecule has 0 bridgehead atoms. The fourth-order valence-corrected chi connectivity index (χ4v) is 0.550. The van der Waals surface area contributed by atoms with E-state index in [1.54, 1.807) is 11.0 Å². The van der Waals surface area contributed by atoms with E-state index in [0.29, 0.717) is 0 Å². The van der Waals surface area contributed by atoms with Crippen molar-refractivity contribution in [3.8, 4) is 0 Å². The van der Waals surface area contributed by atoms with E-state index in [1.165, 1.54) is 0 Å². The van der Waals surface area contributed by atoms with Gasteiger partial charge < -0.3 is 0 Å². The van der Waals surface area contributed by atoms with Crippen molar-refractivity contribution in [3.63, 3.8) is 0 Å². The predicted octanol–water partition coefficient (Wildman–Crippen LogP) is 1.40. The SMILES string of the molecule is CC.CCc1cnn(C)n1. The molecule has 0 saturated heterocycles. The number of rotatable bonds is 1. The van der Waals surface area contributed by atoms with Crippen LogP contribution in [0.2, 0.25) is 0 Å². The minimum atomic E-state index is 0.966. The molecule has 0 aliphatic rings. The van der Waals surface area contributed by atoms with E-state index in [9.17, 15) is 0 Å². The molecule has 0 radical (unpaired) electrons. The number of aryl methyl sites for hydroxylation is 2. The van der Waals surface area contributed by atoms with Gasteiger partial charge in [-0.25, -0.2) is 0 Å². The second-order valence-corrected chi connectivity index (χ2v) is 1.68. The monoisotopic (exact) mass is 141 g/mol. The molecule has 1 aromatic rings. The molecule has 10 heavy (non-hydrogen) atoms. The maximum absolute atomic E-state index is 4.03. The highest BCUT2D eigenvalue weighted by molar-refractivity contribution is 4.88. The summed E-state index contributed by atoms with van der Waals surface area (Å²) >= 11 is 0. The van der Waals surface area contributed by atoms with Crippen molar-refractivity contribution in [1.82, 2.24) is 15.0 Å². The molecule has 0 aromatic carbocycles. The van der Waals surface area contributed by atoms with Gasteiger partial charge in [-0.2, -0.15) is 15.0 Å². The summed E-state index contributed by atoms with van der Waals surface area (Å²) < 4.78 is 0. The Bertz CT molecular complexity index is 169. The van der Waals surface area contributed by atoms with Gasteiger partial charge in [0, 0.05) is 7.05 Å². The van der Waals surface area contributed by atoms with Crippen molar-refractivity contribution in [2.75, 3.05) is 0 Å². The van der Waals surface area contributed by atoms with E-state index >= 15 is 0 Å².